The molecule has 1 aliphatic rings. The molecule has 1 aliphatic carbocycles. The van der Waals surface area contributed by atoms with E-state index in [9.17, 15) is 4.79 Å². The molecule has 1 aromatic carbocycles. The fourth-order valence-electron chi connectivity index (χ4n) is 2.43. The van der Waals surface area contributed by atoms with Gasteiger partial charge in [-0.2, -0.15) is 5.26 Å². The molecule has 0 saturated heterocycles. The van der Waals surface area contributed by atoms with Gasteiger partial charge in [0.25, 0.3) is 0 Å². The molecule has 18 heavy (non-hydrogen) atoms. The van der Waals surface area contributed by atoms with E-state index in [4.69, 9.17) is 10.00 Å². The second-order valence-corrected chi connectivity index (χ2v) is 4.44. The molecule has 0 unspecified atom stereocenters. The highest BCUT2D eigenvalue weighted by Crippen LogP contribution is 2.31. The van der Waals surface area contributed by atoms with Gasteiger partial charge >= 0.3 is 5.97 Å². The van der Waals surface area contributed by atoms with Crippen LogP contribution in [0.1, 0.15) is 18.1 Å². The molecule has 0 amide bonds. The third-order valence-electron chi connectivity index (χ3n) is 3.27. The van der Waals surface area contributed by atoms with Gasteiger partial charge in [0.2, 0.25) is 0 Å². The molecule has 0 fully saturated rings. The van der Waals surface area contributed by atoms with Crippen LogP contribution in [0.3, 0.4) is 0 Å². The zero-order valence-electron chi connectivity index (χ0n) is 10.4. The van der Waals surface area contributed by atoms with Crippen LogP contribution in [-0.2, 0) is 22.4 Å². The van der Waals surface area contributed by atoms with Crippen LogP contribution in [0.4, 0.5) is 0 Å². The van der Waals surface area contributed by atoms with Crippen LogP contribution in [0, 0.1) is 11.3 Å². The standard InChI is InChI=1S/C14H16N2O2/c1-2-18-13(17)14(16-8-7-15)9-11-5-3-4-6-12(11)10-14/h3-6,16H,2,8-10H2,1H3. The maximum absolute atomic E-state index is 12.1. The number of nitrogens with one attached hydrogen (secondary N) is 1. The van der Waals surface area contributed by atoms with E-state index in [0.717, 1.165) is 11.1 Å². The van der Waals surface area contributed by atoms with Gasteiger partial charge in [-0.3, -0.25) is 10.1 Å². The Morgan fingerprint density at radius 1 is 1.44 bits per heavy atom. The topological polar surface area (TPSA) is 62.1 Å². The number of fused-ring (bicyclic) bond motifs is 1. The van der Waals surface area contributed by atoms with Gasteiger partial charge in [0, 0.05) is 12.8 Å². The summed E-state index contributed by atoms with van der Waals surface area (Å²) in [5, 5.41) is 11.7. The third kappa shape index (κ3) is 2.22. The van der Waals surface area contributed by atoms with Crippen molar-refractivity contribution in [3.05, 3.63) is 35.4 Å². The van der Waals surface area contributed by atoms with Gasteiger partial charge < -0.3 is 4.74 Å². The second-order valence-electron chi connectivity index (χ2n) is 4.44. The van der Waals surface area contributed by atoms with Crippen LogP contribution in [0.15, 0.2) is 24.3 Å². The predicted molar refractivity (Wildman–Crippen MR) is 66.8 cm³/mol. The van der Waals surface area contributed by atoms with Gasteiger partial charge in [0.05, 0.1) is 19.2 Å². The Morgan fingerprint density at radius 3 is 2.56 bits per heavy atom. The minimum Gasteiger partial charge on any atom is -0.465 e. The Kier molecular flexibility index (Phi) is 3.63. The molecule has 0 heterocycles. The summed E-state index contributed by atoms with van der Waals surface area (Å²) >= 11 is 0. The summed E-state index contributed by atoms with van der Waals surface area (Å²) in [5.41, 5.74) is 1.53. The average Bonchev–Trinajstić information content (AvgIpc) is 2.76. The summed E-state index contributed by atoms with van der Waals surface area (Å²) < 4.78 is 5.15. The van der Waals surface area contributed by atoms with Gasteiger partial charge in [-0.25, -0.2) is 0 Å². The smallest absolute Gasteiger partial charge is 0.327 e. The van der Waals surface area contributed by atoms with Gasteiger partial charge in [0.15, 0.2) is 0 Å². The van der Waals surface area contributed by atoms with E-state index in [0.29, 0.717) is 19.4 Å². The Morgan fingerprint density at radius 2 is 2.06 bits per heavy atom. The van der Waals surface area contributed by atoms with Crippen LogP contribution in [0.5, 0.6) is 0 Å². The Balaban J connectivity index is 2.25. The highest BCUT2D eigenvalue weighted by Gasteiger charge is 2.44. The molecule has 4 nitrogen and oxygen atoms in total. The highest BCUT2D eigenvalue weighted by atomic mass is 16.5. The summed E-state index contributed by atoms with van der Waals surface area (Å²) in [6.07, 6.45) is 1.17. The second kappa shape index (κ2) is 5.19. The van der Waals surface area contributed by atoms with Gasteiger partial charge in [-0.1, -0.05) is 24.3 Å². The minimum atomic E-state index is -0.768. The van der Waals surface area contributed by atoms with Crippen LogP contribution in [-0.4, -0.2) is 24.7 Å². The molecule has 0 aliphatic heterocycles. The number of nitriles is 1. The van der Waals surface area contributed by atoms with Crippen LogP contribution in [0.25, 0.3) is 0 Å². The fraction of sp³-hybridized carbons (Fsp3) is 0.429. The van der Waals surface area contributed by atoms with Crippen LogP contribution >= 0.6 is 0 Å². The summed E-state index contributed by atoms with van der Waals surface area (Å²) in [5.74, 6) is -0.267. The summed E-state index contributed by atoms with van der Waals surface area (Å²) in [4.78, 5) is 12.1. The molecule has 0 aromatic heterocycles. The van der Waals surface area contributed by atoms with Crippen molar-refractivity contribution < 1.29 is 9.53 Å². The monoisotopic (exact) mass is 244 g/mol. The molecule has 0 radical (unpaired) electrons. The molecular weight excluding hydrogens is 228 g/mol. The van der Waals surface area contributed by atoms with E-state index in [-0.39, 0.29) is 12.5 Å². The third-order valence-corrected chi connectivity index (χ3v) is 3.27. The molecule has 0 spiro atoms. The molecule has 1 N–H and O–H groups in total. The largest absolute Gasteiger partial charge is 0.465 e. The predicted octanol–water partition coefficient (Wildman–Crippen LogP) is 1.20. The summed E-state index contributed by atoms with van der Waals surface area (Å²) in [6, 6.07) is 9.99. The number of ether oxygens (including phenoxy) is 1. The summed E-state index contributed by atoms with van der Waals surface area (Å²) in [6.45, 7) is 2.29. The number of hydrogen-bond acceptors (Lipinski definition) is 4. The molecule has 0 saturated carbocycles. The normalized spacial score (nSPS) is 15.8. The maximum atomic E-state index is 12.1. The van der Waals surface area contributed by atoms with Crippen molar-refractivity contribution >= 4 is 5.97 Å². The lowest BCUT2D eigenvalue weighted by atomic mass is 9.95. The average molecular weight is 244 g/mol. The zero-order valence-corrected chi connectivity index (χ0v) is 10.4. The molecule has 1 aromatic rings. The molecule has 0 atom stereocenters. The Hall–Kier alpha value is -1.86. The van der Waals surface area contributed by atoms with Crippen LogP contribution in [0.2, 0.25) is 0 Å². The van der Waals surface area contributed by atoms with Crippen molar-refractivity contribution in [1.82, 2.24) is 5.32 Å². The van der Waals surface area contributed by atoms with E-state index in [2.05, 4.69) is 5.32 Å². The highest BCUT2D eigenvalue weighted by molar-refractivity contribution is 5.83. The van der Waals surface area contributed by atoms with Gasteiger partial charge in [-0.15, -0.1) is 0 Å². The molecule has 4 heteroatoms. The lowest BCUT2D eigenvalue weighted by Gasteiger charge is -2.26. The molecular formula is C14H16N2O2. The first-order chi connectivity index (χ1) is 8.72. The molecule has 94 valence electrons. The van der Waals surface area contributed by atoms with E-state index in [1.54, 1.807) is 6.92 Å². The van der Waals surface area contributed by atoms with Crippen molar-refractivity contribution in [2.24, 2.45) is 0 Å². The first-order valence-corrected chi connectivity index (χ1v) is 6.08. The van der Waals surface area contributed by atoms with Crippen molar-refractivity contribution in [2.45, 2.75) is 25.3 Å². The van der Waals surface area contributed by atoms with E-state index < -0.39 is 5.54 Å². The van der Waals surface area contributed by atoms with Crippen molar-refractivity contribution in [1.29, 1.82) is 5.26 Å². The van der Waals surface area contributed by atoms with E-state index in [1.165, 1.54) is 0 Å². The van der Waals surface area contributed by atoms with Crippen LogP contribution < -0.4 is 5.32 Å². The first kappa shape index (κ1) is 12.6. The number of benzene rings is 1. The summed E-state index contributed by atoms with van der Waals surface area (Å²) in [7, 11) is 0. The van der Waals surface area contributed by atoms with Crippen molar-refractivity contribution in [2.75, 3.05) is 13.2 Å². The maximum Gasteiger partial charge on any atom is 0.327 e. The first-order valence-electron chi connectivity index (χ1n) is 6.08. The SMILES string of the molecule is CCOC(=O)C1(NCC#N)Cc2ccccc2C1. The number of hydrogen-bond donors (Lipinski definition) is 1. The van der Waals surface area contributed by atoms with Crippen molar-refractivity contribution in [3.8, 4) is 6.07 Å². The van der Waals surface area contributed by atoms with E-state index >= 15 is 0 Å². The number of carbonyl (C=O) groups is 1. The van der Waals surface area contributed by atoms with Gasteiger partial charge in [-0.05, 0) is 18.1 Å². The number of nitrogens with zero attached hydrogens (tertiary/aromatic N) is 1. The Labute approximate surface area is 107 Å². The quantitative estimate of drug-likeness (QED) is 0.638. The fourth-order valence-corrected chi connectivity index (χ4v) is 2.43. The van der Waals surface area contributed by atoms with Crippen molar-refractivity contribution in [3.63, 3.8) is 0 Å². The van der Waals surface area contributed by atoms with E-state index in [1.807, 2.05) is 30.3 Å². The zero-order chi connectivity index (χ0) is 13.0. The molecule has 0 bridgehead atoms. The molecule has 2 rings (SSSR count). The number of esters is 1. The Bertz CT molecular complexity index is 466. The van der Waals surface area contributed by atoms with Gasteiger partial charge in [0.1, 0.15) is 5.54 Å². The minimum absolute atomic E-state index is 0.146. The number of rotatable bonds is 4. The number of carbonyl (C=O) groups excluding carboxylic acids is 1. The lowest BCUT2D eigenvalue weighted by molar-refractivity contribution is -0.150. The lowest BCUT2D eigenvalue weighted by Crippen LogP contribution is -2.54.